The van der Waals surface area contributed by atoms with E-state index < -0.39 is 36.0 Å². The first kappa shape index (κ1) is 31.3. The fourth-order valence-corrected chi connectivity index (χ4v) is 4.65. The maximum atomic E-state index is 13.4. The fourth-order valence-electron chi connectivity index (χ4n) is 4.14. The van der Waals surface area contributed by atoms with Gasteiger partial charge in [-0.3, -0.25) is 14.4 Å². The Morgan fingerprint density at radius 1 is 0.952 bits per heavy atom. The van der Waals surface area contributed by atoms with Gasteiger partial charge < -0.3 is 24.6 Å². The maximum absolute atomic E-state index is 13.4. The lowest BCUT2D eigenvalue weighted by Gasteiger charge is -2.27. The van der Waals surface area contributed by atoms with E-state index in [-0.39, 0.29) is 25.9 Å². The van der Waals surface area contributed by atoms with Crippen LogP contribution in [0, 0.1) is 0 Å². The van der Waals surface area contributed by atoms with E-state index >= 15 is 0 Å². The topological polar surface area (TPSA) is 124 Å². The Labute approximate surface area is 253 Å². The van der Waals surface area contributed by atoms with Crippen LogP contribution in [-0.2, 0) is 41.7 Å². The van der Waals surface area contributed by atoms with Crippen LogP contribution in [0.2, 0.25) is 10.0 Å². The summed E-state index contributed by atoms with van der Waals surface area (Å²) in [5.41, 5.74) is 1.72. The monoisotopic (exact) mass is 616 g/mol. The van der Waals surface area contributed by atoms with Crippen molar-refractivity contribution in [1.82, 2.24) is 5.32 Å². The summed E-state index contributed by atoms with van der Waals surface area (Å²) in [5.74, 6) is -2.19. The number of carboxylic acids is 1. The summed E-state index contributed by atoms with van der Waals surface area (Å²) in [6.07, 6.45) is -3.11. The van der Waals surface area contributed by atoms with Gasteiger partial charge >= 0.3 is 5.97 Å². The van der Waals surface area contributed by atoms with Gasteiger partial charge in [-0.2, -0.15) is 5.06 Å². The van der Waals surface area contributed by atoms with Gasteiger partial charge in [-0.05, 0) is 55.8 Å². The second-order valence-corrected chi connectivity index (χ2v) is 10.5. The maximum Gasteiger partial charge on any atom is 0.326 e. The number of carbonyl (C=O) groups excluding carboxylic acids is 2. The number of para-hydroxylation sites is 1. The van der Waals surface area contributed by atoms with Crippen molar-refractivity contribution in [2.75, 3.05) is 11.9 Å². The Kier molecular flexibility index (Phi) is 10.8. The minimum atomic E-state index is -1.38. The molecule has 1 saturated heterocycles. The smallest absolute Gasteiger partial charge is 0.326 e. The molecule has 0 radical (unpaired) electrons. The highest BCUT2D eigenvalue weighted by molar-refractivity contribution is 6.35. The molecule has 3 atom stereocenters. The van der Waals surface area contributed by atoms with Gasteiger partial charge in [-0.15, -0.1) is 0 Å². The summed E-state index contributed by atoms with van der Waals surface area (Å²) >= 11 is 12.4. The third-order valence-electron chi connectivity index (χ3n) is 6.20. The number of hydrogen-bond donors (Lipinski definition) is 2. The van der Waals surface area contributed by atoms with Crippen LogP contribution >= 0.6 is 23.2 Å². The summed E-state index contributed by atoms with van der Waals surface area (Å²) in [6.45, 7) is 3.34. The minimum absolute atomic E-state index is 0.0313. The number of nitrogens with zero attached hydrogens (tertiary/aromatic N) is 1. The number of nitrogens with one attached hydrogen (secondary N) is 1. The molecule has 1 aliphatic rings. The van der Waals surface area contributed by atoms with Crippen molar-refractivity contribution in [2.24, 2.45) is 0 Å². The SMILES string of the molecule is CC(C)ON(C(=O)[C@@H]1OCO[C@H]1C(=O)NC(Cc1ccc(OCc2c(Cl)cccc2Cl)cc1)C(=O)O)c1ccccc1. The zero-order valence-corrected chi connectivity index (χ0v) is 24.4. The van der Waals surface area contributed by atoms with Gasteiger partial charge in [0, 0.05) is 22.0 Å². The molecular weight excluding hydrogens is 587 g/mol. The number of aliphatic carboxylic acids is 1. The van der Waals surface area contributed by atoms with Crippen LogP contribution in [0.15, 0.2) is 72.8 Å². The average molecular weight is 617 g/mol. The molecule has 1 aliphatic heterocycles. The molecule has 3 aromatic carbocycles. The number of hydroxylamine groups is 1. The molecule has 222 valence electrons. The molecular formula is C30H30Cl2N2O8. The first-order valence-electron chi connectivity index (χ1n) is 13.1. The number of anilines is 1. The molecule has 1 unspecified atom stereocenters. The molecule has 1 fully saturated rings. The second kappa shape index (κ2) is 14.5. The molecule has 1 heterocycles. The van der Waals surface area contributed by atoms with Gasteiger partial charge in [-0.1, -0.05) is 59.6 Å². The number of hydrogen-bond acceptors (Lipinski definition) is 7. The zero-order chi connectivity index (χ0) is 30.2. The van der Waals surface area contributed by atoms with E-state index in [9.17, 15) is 19.5 Å². The quantitative estimate of drug-likeness (QED) is 0.278. The third-order valence-corrected chi connectivity index (χ3v) is 6.91. The Morgan fingerprint density at radius 2 is 1.60 bits per heavy atom. The molecule has 4 rings (SSSR count). The van der Waals surface area contributed by atoms with Crippen LogP contribution in [0.3, 0.4) is 0 Å². The van der Waals surface area contributed by atoms with Crippen molar-refractivity contribution in [1.29, 1.82) is 0 Å². The number of rotatable bonds is 12. The van der Waals surface area contributed by atoms with E-state index in [1.165, 1.54) is 0 Å². The van der Waals surface area contributed by atoms with Crippen molar-refractivity contribution in [3.63, 3.8) is 0 Å². The summed E-state index contributed by atoms with van der Waals surface area (Å²) in [5, 5.41) is 14.3. The van der Waals surface area contributed by atoms with Gasteiger partial charge in [0.05, 0.1) is 11.8 Å². The first-order chi connectivity index (χ1) is 20.1. The summed E-state index contributed by atoms with van der Waals surface area (Å²) < 4.78 is 16.6. The fraction of sp³-hybridized carbons (Fsp3) is 0.300. The summed E-state index contributed by atoms with van der Waals surface area (Å²) in [4.78, 5) is 44.3. The number of amides is 2. The van der Waals surface area contributed by atoms with Crippen LogP contribution in [0.5, 0.6) is 5.75 Å². The Hall–Kier alpha value is -3.67. The molecule has 0 bridgehead atoms. The van der Waals surface area contributed by atoms with Gasteiger partial charge in [0.15, 0.2) is 12.2 Å². The number of carboxylic acid groups (broad SMARTS) is 1. The van der Waals surface area contributed by atoms with Crippen molar-refractivity contribution >= 4 is 46.7 Å². The van der Waals surface area contributed by atoms with E-state index in [2.05, 4.69) is 5.32 Å². The predicted octanol–water partition coefficient (Wildman–Crippen LogP) is 4.80. The van der Waals surface area contributed by atoms with Crippen LogP contribution in [0.4, 0.5) is 5.69 Å². The van der Waals surface area contributed by atoms with Gasteiger partial charge in [-0.25, -0.2) is 4.79 Å². The van der Waals surface area contributed by atoms with Crippen LogP contribution < -0.4 is 15.1 Å². The normalized spacial score (nSPS) is 17.1. The van der Waals surface area contributed by atoms with Crippen LogP contribution in [-0.4, -0.2) is 54.0 Å². The highest BCUT2D eigenvalue weighted by Crippen LogP contribution is 2.26. The molecule has 0 aliphatic carbocycles. The molecule has 2 N–H and O–H groups in total. The molecule has 12 heteroatoms. The summed E-state index contributed by atoms with van der Waals surface area (Å²) in [6, 6.07) is 19.2. The average Bonchev–Trinajstić information content (AvgIpc) is 3.46. The Morgan fingerprint density at radius 3 is 2.21 bits per heavy atom. The van der Waals surface area contributed by atoms with Crippen molar-refractivity contribution in [3.8, 4) is 5.75 Å². The number of ether oxygens (including phenoxy) is 3. The molecule has 42 heavy (non-hydrogen) atoms. The van der Waals surface area contributed by atoms with Crippen LogP contribution in [0.25, 0.3) is 0 Å². The van der Waals surface area contributed by atoms with Crippen molar-refractivity contribution < 1.29 is 38.5 Å². The molecule has 0 saturated carbocycles. The van der Waals surface area contributed by atoms with E-state index in [4.69, 9.17) is 42.3 Å². The van der Waals surface area contributed by atoms with Gasteiger partial charge in [0.2, 0.25) is 0 Å². The van der Waals surface area contributed by atoms with Gasteiger partial charge in [0.25, 0.3) is 11.8 Å². The third kappa shape index (κ3) is 7.99. The molecule has 0 aromatic heterocycles. The second-order valence-electron chi connectivity index (χ2n) is 9.65. The minimum Gasteiger partial charge on any atom is -0.489 e. The first-order valence-corrected chi connectivity index (χ1v) is 13.9. The molecule has 0 spiro atoms. The standard InChI is InChI=1S/C30H30Cl2N2O8/c1-18(2)42-34(20-7-4-3-5-8-20)29(36)27-26(40-17-41-27)28(35)33-25(30(37)38)15-19-11-13-21(14-12-19)39-16-22-23(31)9-6-10-24(22)32/h3-14,18,25-27H,15-17H2,1-2H3,(H,33,35)(H,37,38)/t25?,26-,27-/m1/s1. The Balaban J connectivity index is 1.39. The highest BCUT2D eigenvalue weighted by atomic mass is 35.5. The van der Waals surface area contributed by atoms with Crippen molar-refractivity contribution in [2.45, 2.75) is 51.2 Å². The highest BCUT2D eigenvalue weighted by Gasteiger charge is 2.44. The van der Waals surface area contributed by atoms with E-state index in [0.29, 0.717) is 32.6 Å². The lowest BCUT2D eigenvalue weighted by molar-refractivity contribution is -0.145. The van der Waals surface area contributed by atoms with Gasteiger partial charge in [0.1, 0.15) is 25.2 Å². The molecule has 2 amide bonds. The zero-order valence-electron chi connectivity index (χ0n) is 22.9. The van der Waals surface area contributed by atoms with Crippen LogP contribution in [0.1, 0.15) is 25.0 Å². The number of halogens is 2. The Bertz CT molecular complexity index is 1370. The van der Waals surface area contributed by atoms with Crippen molar-refractivity contribution in [3.05, 3.63) is 94.0 Å². The molecule has 10 nitrogen and oxygen atoms in total. The lowest BCUT2D eigenvalue weighted by Crippen LogP contribution is -2.53. The van der Waals surface area contributed by atoms with E-state index in [1.54, 1.807) is 86.6 Å². The summed E-state index contributed by atoms with van der Waals surface area (Å²) in [7, 11) is 0. The number of carbonyl (C=O) groups is 3. The molecule has 3 aromatic rings. The predicted molar refractivity (Wildman–Crippen MR) is 155 cm³/mol. The largest absolute Gasteiger partial charge is 0.489 e. The lowest BCUT2D eigenvalue weighted by atomic mass is 10.0. The van der Waals surface area contributed by atoms with E-state index in [1.807, 2.05) is 0 Å². The number of benzene rings is 3. The van der Waals surface area contributed by atoms with E-state index in [0.717, 1.165) is 5.06 Å².